The minimum atomic E-state index is 0.666. The van der Waals surface area contributed by atoms with Gasteiger partial charge >= 0.3 is 0 Å². The predicted molar refractivity (Wildman–Crippen MR) is 100 cm³/mol. The molecule has 6 heteroatoms. The number of benzene rings is 1. The number of aryl methyl sites for hydroxylation is 2. The highest BCUT2D eigenvalue weighted by Gasteiger charge is 2.04. The van der Waals surface area contributed by atoms with Crippen LogP contribution in [0.15, 0.2) is 53.3 Å². The maximum atomic E-state index is 4.45. The van der Waals surface area contributed by atoms with Gasteiger partial charge in [-0.1, -0.05) is 28.1 Å². The molecule has 0 aliphatic rings. The summed E-state index contributed by atoms with van der Waals surface area (Å²) in [7, 11) is 0. The van der Waals surface area contributed by atoms with Gasteiger partial charge in [0.1, 0.15) is 17.5 Å². The van der Waals surface area contributed by atoms with Gasteiger partial charge in [0.25, 0.3) is 0 Å². The maximum Gasteiger partial charge on any atom is 0.136 e. The number of hydrogen-bond acceptors (Lipinski definition) is 5. The van der Waals surface area contributed by atoms with Gasteiger partial charge in [-0.3, -0.25) is 4.98 Å². The van der Waals surface area contributed by atoms with Crippen molar-refractivity contribution in [3.05, 3.63) is 70.2 Å². The van der Waals surface area contributed by atoms with Crippen LogP contribution in [-0.2, 0) is 6.54 Å². The highest BCUT2D eigenvalue weighted by molar-refractivity contribution is 9.10. The molecule has 0 spiro atoms. The van der Waals surface area contributed by atoms with E-state index in [0.29, 0.717) is 12.4 Å². The molecule has 0 atom stereocenters. The van der Waals surface area contributed by atoms with Crippen molar-refractivity contribution >= 4 is 33.3 Å². The minimum absolute atomic E-state index is 0.666. The quantitative estimate of drug-likeness (QED) is 0.673. The van der Waals surface area contributed by atoms with Gasteiger partial charge in [-0.15, -0.1) is 0 Å². The van der Waals surface area contributed by atoms with Crippen molar-refractivity contribution in [2.24, 2.45) is 0 Å². The Morgan fingerprint density at radius 3 is 2.62 bits per heavy atom. The second-order valence-electron chi connectivity index (χ2n) is 5.49. The van der Waals surface area contributed by atoms with Gasteiger partial charge in [-0.05, 0) is 43.2 Å². The zero-order valence-electron chi connectivity index (χ0n) is 13.5. The number of rotatable bonds is 5. The molecular formula is C18H18BrN5. The lowest BCUT2D eigenvalue weighted by Crippen LogP contribution is -2.05. The molecule has 24 heavy (non-hydrogen) atoms. The fourth-order valence-electron chi connectivity index (χ4n) is 2.24. The fourth-order valence-corrected chi connectivity index (χ4v) is 2.61. The third kappa shape index (κ3) is 4.29. The first-order valence-corrected chi connectivity index (χ1v) is 8.41. The smallest absolute Gasteiger partial charge is 0.136 e. The van der Waals surface area contributed by atoms with Crippen molar-refractivity contribution < 1.29 is 0 Å². The summed E-state index contributed by atoms with van der Waals surface area (Å²) in [5.41, 5.74) is 3.27. The van der Waals surface area contributed by atoms with Gasteiger partial charge in [0.2, 0.25) is 0 Å². The van der Waals surface area contributed by atoms with Crippen molar-refractivity contribution in [1.82, 2.24) is 15.0 Å². The Kier molecular flexibility index (Phi) is 5.05. The van der Waals surface area contributed by atoms with E-state index in [0.717, 1.165) is 27.4 Å². The molecule has 0 saturated heterocycles. The number of nitrogens with one attached hydrogen (secondary N) is 2. The van der Waals surface area contributed by atoms with Gasteiger partial charge in [0.05, 0.1) is 0 Å². The summed E-state index contributed by atoms with van der Waals surface area (Å²) in [4.78, 5) is 13.0. The monoisotopic (exact) mass is 383 g/mol. The summed E-state index contributed by atoms with van der Waals surface area (Å²) in [6, 6.07) is 12.0. The van der Waals surface area contributed by atoms with E-state index >= 15 is 0 Å². The first kappa shape index (κ1) is 16.4. The van der Waals surface area contributed by atoms with E-state index in [1.807, 2.05) is 43.5 Å². The Labute approximate surface area is 149 Å². The van der Waals surface area contributed by atoms with Crippen LogP contribution in [-0.4, -0.2) is 15.0 Å². The van der Waals surface area contributed by atoms with Gasteiger partial charge < -0.3 is 10.6 Å². The molecule has 3 aromatic rings. The van der Waals surface area contributed by atoms with E-state index in [2.05, 4.69) is 54.5 Å². The van der Waals surface area contributed by atoms with Crippen molar-refractivity contribution in [2.45, 2.75) is 20.4 Å². The molecule has 0 unspecified atom stereocenters. The van der Waals surface area contributed by atoms with Crippen LogP contribution < -0.4 is 10.6 Å². The van der Waals surface area contributed by atoms with Crippen LogP contribution >= 0.6 is 15.9 Å². The molecule has 3 rings (SSSR count). The van der Waals surface area contributed by atoms with Crippen molar-refractivity contribution in [2.75, 3.05) is 10.6 Å². The second-order valence-corrected chi connectivity index (χ2v) is 6.34. The van der Waals surface area contributed by atoms with Crippen LogP contribution in [0.5, 0.6) is 0 Å². The molecule has 0 saturated carbocycles. The summed E-state index contributed by atoms with van der Waals surface area (Å²) in [5, 5.41) is 6.63. The van der Waals surface area contributed by atoms with Crippen molar-refractivity contribution in [3.8, 4) is 0 Å². The van der Waals surface area contributed by atoms with E-state index in [1.54, 1.807) is 6.20 Å². The second kappa shape index (κ2) is 7.40. The Hall–Kier alpha value is -2.47. The van der Waals surface area contributed by atoms with E-state index in [1.165, 1.54) is 5.56 Å². The highest BCUT2D eigenvalue weighted by atomic mass is 79.9. The normalized spacial score (nSPS) is 10.5. The van der Waals surface area contributed by atoms with Crippen LogP contribution in [0.4, 0.5) is 17.3 Å². The molecule has 122 valence electrons. The summed E-state index contributed by atoms with van der Waals surface area (Å²) in [6.45, 7) is 4.61. The molecule has 0 fully saturated rings. The zero-order chi connectivity index (χ0) is 16.9. The zero-order valence-corrected chi connectivity index (χ0v) is 15.1. The first-order valence-electron chi connectivity index (χ1n) is 7.62. The predicted octanol–water partition coefficient (Wildman–Crippen LogP) is 4.61. The summed E-state index contributed by atoms with van der Waals surface area (Å²) in [5.74, 6) is 2.24. The SMILES string of the molecule is Cc1nc(NCc2cccnc2)cc(Nc2ccc(C)c(Br)c2)n1. The van der Waals surface area contributed by atoms with Gasteiger partial charge in [-0.25, -0.2) is 9.97 Å². The molecule has 0 amide bonds. The number of anilines is 3. The lowest BCUT2D eigenvalue weighted by atomic mass is 10.2. The molecule has 0 aliphatic carbocycles. The lowest BCUT2D eigenvalue weighted by Gasteiger charge is -2.11. The Balaban J connectivity index is 1.74. The molecule has 5 nitrogen and oxygen atoms in total. The average molecular weight is 384 g/mol. The minimum Gasteiger partial charge on any atom is -0.366 e. The van der Waals surface area contributed by atoms with Crippen molar-refractivity contribution in [3.63, 3.8) is 0 Å². The molecule has 0 aliphatic heterocycles. The summed E-state index contributed by atoms with van der Waals surface area (Å²) < 4.78 is 1.06. The number of halogens is 1. The molecule has 2 heterocycles. The first-order chi connectivity index (χ1) is 11.6. The Bertz CT molecular complexity index is 836. The van der Waals surface area contributed by atoms with Crippen LogP contribution in [0.2, 0.25) is 0 Å². The molecular weight excluding hydrogens is 366 g/mol. The van der Waals surface area contributed by atoms with E-state index in [9.17, 15) is 0 Å². The van der Waals surface area contributed by atoms with E-state index in [4.69, 9.17) is 0 Å². The Morgan fingerprint density at radius 2 is 1.88 bits per heavy atom. The maximum absolute atomic E-state index is 4.45. The standard InChI is InChI=1S/C18H18BrN5/c1-12-5-6-15(8-16(12)19)24-18-9-17(22-13(2)23-18)21-11-14-4-3-7-20-10-14/h3-10H,11H2,1-2H3,(H2,21,22,23,24). The molecule has 2 N–H and O–H groups in total. The van der Waals surface area contributed by atoms with Crippen LogP contribution in [0, 0.1) is 13.8 Å². The average Bonchev–Trinajstić information content (AvgIpc) is 2.57. The number of hydrogen-bond donors (Lipinski definition) is 2. The third-order valence-corrected chi connectivity index (χ3v) is 4.33. The largest absolute Gasteiger partial charge is 0.366 e. The molecule has 0 bridgehead atoms. The summed E-state index contributed by atoms with van der Waals surface area (Å²) in [6.07, 6.45) is 3.60. The van der Waals surface area contributed by atoms with Crippen molar-refractivity contribution in [1.29, 1.82) is 0 Å². The fraction of sp³-hybridized carbons (Fsp3) is 0.167. The van der Waals surface area contributed by atoms with Crippen LogP contribution in [0.1, 0.15) is 17.0 Å². The van der Waals surface area contributed by atoms with Gasteiger partial charge in [0.15, 0.2) is 0 Å². The highest BCUT2D eigenvalue weighted by Crippen LogP contribution is 2.23. The Morgan fingerprint density at radius 1 is 1.04 bits per heavy atom. The number of aromatic nitrogens is 3. The lowest BCUT2D eigenvalue weighted by molar-refractivity contribution is 1.02. The molecule has 0 radical (unpaired) electrons. The van der Waals surface area contributed by atoms with Gasteiger partial charge in [-0.2, -0.15) is 0 Å². The topological polar surface area (TPSA) is 62.7 Å². The number of pyridine rings is 1. The van der Waals surface area contributed by atoms with E-state index in [-0.39, 0.29) is 0 Å². The van der Waals surface area contributed by atoms with Gasteiger partial charge in [0, 0.05) is 35.2 Å². The van der Waals surface area contributed by atoms with E-state index < -0.39 is 0 Å². The van der Waals surface area contributed by atoms with Crippen LogP contribution in [0.25, 0.3) is 0 Å². The molecule has 1 aromatic carbocycles. The molecule has 2 aromatic heterocycles. The number of nitrogens with zero attached hydrogens (tertiary/aromatic N) is 3. The third-order valence-electron chi connectivity index (χ3n) is 3.48. The summed E-state index contributed by atoms with van der Waals surface area (Å²) >= 11 is 3.55. The van der Waals surface area contributed by atoms with Crippen LogP contribution in [0.3, 0.4) is 0 Å².